The Labute approximate surface area is 78.3 Å². The molecule has 72 valence electrons. The molecule has 0 radical (unpaired) electrons. The SMILES string of the molecule is Cc1cc(C2(N)CC2C(C)C)no1. The van der Waals surface area contributed by atoms with E-state index in [1.807, 2.05) is 13.0 Å². The molecule has 2 unspecified atom stereocenters. The van der Waals surface area contributed by atoms with E-state index >= 15 is 0 Å². The Morgan fingerprint density at radius 3 is 2.77 bits per heavy atom. The highest BCUT2D eigenvalue weighted by molar-refractivity contribution is 5.25. The molecule has 0 aliphatic heterocycles. The Morgan fingerprint density at radius 1 is 1.69 bits per heavy atom. The van der Waals surface area contributed by atoms with E-state index in [-0.39, 0.29) is 5.54 Å². The smallest absolute Gasteiger partial charge is 0.134 e. The van der Waals surface area contributed by atoms with Gasteiger partial charge in [-0.3, -0.25) is 0 Å². The van der Waals surface area contributed by atoms with Crippen molar-refractivity contribution in [2.24, 2.45) is 17.6 Å². The van der Waals surface area contributed by atoms with Gasteiger partial charge in [0.05, 0.1) is 5.54 Å². The molecule has 1 aromatic heterocycles. The van der Waals surface area contributed by atoms with Crippen LogP contribution in [0.3, 0.4) is 0 Å². The molecule has 1 heterocycles. The van der Waals surface area contributed by atoms with Gasteiger partial charge in [0.1, 0.15) is 11.5 Å². The summed E-state index contributed by atoms with van der Waals surface area (Å²) in [6.07, 6.45) is 1.04. The Hall–Kier alpha value is -0.830. The predicted octanol–water partition coefficient (Wildman–Crippen LogP) is 1.81. The number of aryl methyl sites for hydroxylation is 1. The van der Waals surface area contributed by atoms with E-state index in [9.17, 15) is 0 Å². The molecule has 13 heavy (non-hydrogen) atoms. The van der Waals surface area contributed by atoms with Crippen molar-refractivity contribution in [3.63, 3.8) is 0 Å². The summed E-state index contributed by atoms with van der Waals surface area (Å²) < 4.78 is 5.03. The van der Waals surface area contributed by atoms with E-state index in [4.69, 9.17) is 10.3 Å². The Morgan fingerprint density at radius 2 is 2.38 bits per heavy atom. The molecule has 3 heteroatoms. The fourth-order valence-corrected chi connectivity index (χ4v) is 2.02. The minimum atomic E-state index is -0.202. The van der Waals surface area contributed by atoms with Crippen LogP contribution in [-0.4, -0.2) is 5.16 Å². The second kappa shape index (κ2) is 2.58. The molecular formula is C10H16N2O. The average Bonchev–Trinajstić information content (AvgIpc) is 2.54. The lowest BCUT2D eigenvalue weighted by atomic mass is 10.0. The first-order valence-corrected chi connectivity index (χ1v) is 4.76. The molecule has 0 amide bonds. The lowest BCUT2D eigenvalue weighted by Gasteiger charge is -2.09. The maximum atomic E-state index is 6.20. The van der Waals surface area contributed by atoms with E-state index in [0.29, 0.717) is 11.8 Å². The van der Waals surface area contributed by atoms with Gasteiger partial charge in [0, 0.05) is 6.07 Å². The van der Waals surface area contributed by atoms with Crippen LogP contribution < -0.4 is 5.73 Å². The zero-order chi connectivity index (χ0) is 9.64. The fraction of sp³-hybridized carbons (Fsp3) is 0.700. The van der Waals surface area contributed by atoms with Crippen LogP contribution in [0.1, 0.15) is 31.7 Å². The normalized spacial score (nSPS) is 32.5. The van der Waals surface area contributed by atoms with Crippen LogP contribution in [0.15, 0.2) is 10.6 Å². The van der Waals surface area contributed by atoms with E-state index in [2.05, 4.69) is 19.0 Å². The molecule has 2 N–H and O–H groups in total. The monoisotopic (exact) mass is 180 g/mol. The predicted molar refractivity (Wildman–Crippen MR) is 50.1 cm³/mol. The van der Waals surface area contributed by atoms with Crippen molar-refractivity contribution in [1.82, 2.24) is 5.16 Å². The van der Waals surface area contributed by atoms with Gasteiger partial charge in [-0.25, -0.2) is 0 Å². The van der Waals surface area contributed by atoms with Crippen molar-refractivity contribution in [3.8, 4) is 0 Å². The maximum absolute atomic E-state index is 6.20. The van der Waals surface area contributed by atoms with Crippen LogP contribution in [-0.2, 0) is 5.54 Å². The van der Waals surface area contributed by atoms with E-state index in [1.54, 1.807) is 0 Å². The largest absolute Gasteiger partial charge is 0.361 e. The first-order chi connectivity index (χ1) is 6.04. The van der Waals surface area contributed by atoms with Gasteiger partial charge in [0.2, 0.25) is 0 Å². The van der Waals surface area contributed by atoms with Gasteiger partial charge in [0.25, 0.3) is 0 Å². The number of rotatable bonds is 2. The highest BCUT2D eigenvalue weighted by Crippen LogP contribution is 2.53. The van der Waals surface area contributed by atoms with Crippen molar-refractivity contribution in [3.05, 3.63) is 17.5 Å². The Balaban J connectivity index is 2.20. The molecule has 3 nitrogen and oxygen atoms in total. The summed E-state index contributed by atoms with van der Waals surface area (Å²) in [5.74, 6) is 2.04. The molecule has 1 aliphatic rings. The fourth-order valence-electron chi connectivity index (χ4n) is 2.02. The summed E-state index contributed by atoms with van der Waals surface area (Å²) in [7, 11) is 0. The highest BCUT2D eigenvalue weighted by atomic mass is 16.5. The third-order valence-electron chi connectivity index (χ3n) is 2.97. The van der Waals surface area contributed by atoms with Crippen molar-refractivity contribution in [2.75, 3.05) is 0 Å². The quantitative estimate of drug-likeness (QED) is 0.755. The van der Waals surface area contributed by atoms with Gasteiger partial charge in [-0.2, -0.15) is 0 Å². The zero-order valence-electron chi connectivity index (χ0n) is 8.37. The van der Waals surface area contributed by atoms with Gasteiger partial charge in [-0.05, 0) is 25.2 Å². The number of hydrogen-bond donors (Lipinski definition) is 1. The van der Waals surface area contributed by atoms with Crippen LogP contribution >= 0.6 is 0 Å². The molecule has 0 aromatic carbocycles. The lowest BCUT2D eigenvalue weighted by Crippen LogP contribution is -2.24. The minimum Gasteiger partial charge on any atom is -0.361 e. The molecule has 2 atom stereocenters. The van der Waals surface area contributed by atoms with E-state index in [0.717, 1.165) is 17.9 Å². The van der Waals surface area contributed by atoms with E-state index in [1.165, 1.54) is 0 Å². The van der Waals surface area contributed by atoms with Crippen LogP contribution in [0.2, 0.25) is 0 Å². The number of aromatic nitrogens is 1. The van der Waals surface area contributed by atoms with Crippen LogP contribution in [0.5, 0.6) is 0 Å². The van der Waals surface area contributed by atoms with Crippen LogP contribution in [0.25, 0.3) is 0 Å². The molecule has 1 aliphatic carbocycles. The summed E-state index contributed by atoms with van der Waals surface area (Å²) in [6.45, 7) is 6.30. The molecule has 1 aromatic rings. The molecule has 0 spiro atoms. The summed E-state index contributed by atoms with van der Waals surface area (Å²) in [6, 6.07) is 1.95. The minimum absolute atomic E-state index is 0.202. The standard InChI is InChI=1S/C10H16N2O/c1-6(2)8-5-10(8,11)9-4-7(3)13-12-9/h4,6,8H,5,11H2,1-3H3. The lowest BCUT2D eigenvalue weighted by molar-refractivity contribution is 0.376. The highest BCUT2D eigenvalue weighted by Gasteiger charge is 2.55. The molecule has 0 bridgehead atoms. The van der Waals surface area contributed by atoms with E-state index < -0.39 is 0 Å². The van der Waals surface area contributed by atoms with Gasteiger partial charge in [-0.15, -0.1) is 0 Å². The van der Waals surface area contributed by atoms with Crippen molar-refractivity contribution in [2.45, 2.75) is 32.7 Å². The second-order valence-corrected chi connectivity index (χ2v) is 4.42. The van der Waals surface area contributed by atoms with Crippen molar-refractivity contribution >= 4 is 0 Å². The van der Waals surface area contributed by atoms with Gasteiger partial charge >= 0.3 is 0 Å². The summed E-state index contributed by atoms with van der Waals surface area (Å²) >= 11 is 0. The Kier molecular flexibility index (Phi) is 1.74. The number of nitrogens with two attached hydrogens (primary N) is 1. The number of nitrogens with zero attached hydrogens (tertiary/aromatic N) is 1. The third kappa shape index (κ3) is 1.27. The zero-order valence-corrected chi connectivity index (χ0v) is 8.37. The van der Waals surface area contributed by atoms with Gasteiger partial charge in [-0.1, -0.05) is 19.0 Å². The van der Waals surface area contributed by atoms with Crippen LogP contribution in [0.4, 0.5) is 0 Å². The van der Waals surface area contributed by atoms with Gasteiger partial charge < -0.3 is 10.3 Å². The number of hydrogen-bond acceptors (Lipinski definition) is 3. The molecular weight excluding hydrogens is 164 g/mol. The molecule has 1 saturated carbocycles. The summed E-state index contributed by atoms with van der Waals surface area (Å²) in [5.41, 5.74) is 6.92. The topological polar surface area (TPSA) is 52.0 Å². The maximum Gasteiger partial charge on any atom is 0.134 e. The second-order valence-electron chi connectivity index (χ2n) is 4.42. The van der Waals surface area contributed by atoms with Crippen molar-refractivity contribution in [1.29, 1.82) is 0 Å². The Bertz CT molecular complexity index is 318. The first-order valence-electron chi connectivity index (χ1n) is 4.76. The third-order valence-corrected chi connectivity index (χ3v) is 2.97. The molecule has 0 saturated heterocycles. The average molecular weight is 180 g/mol. The first kappa shape index (κ1) is 8.75. The van der Waals surface area contributed by atoms with Gasteiger partial charge in [0.15, 0.2) is 0 Å². The van der Waals surface area contributed by atoms with Crippen LogP contribution in [0, 0.1) is 18.8 Å². The summed E-state index contributed by atoms with van der Waals surface area (Å²) in [5, 5.41) is 3.98. The van der Waals surface area contributed by atoms with Crippen molar-refractivity contribution < 1.29 is 4.52 Å². The molecule has 2 rings (SSSR count). The summed E-state index contributed by atoms with van der Waals surface area (Å²) in [4.78, 5) is 0. The molecule has 1 fully saturated rings.